The third kappa shape index (κ3) is 4.76. The number of hydrogen-bond acceptors (Lipinski definition) is 2. The van der Waals surface area contributed by atoms with Gasteiger partial charge in [0.05, 0.1) is 0 Å². The minimum absolute atomic E-state index is 0.223. The maximum absolute atomic E-state index is 11.9. The van der Waals surface area contributed by atoms with Gasteiger partial charge in [0.15, 0.2) is 0 Å². The van der Waals surface area contributed by atoms with Gasteiger partial charge < -0.3 is 4.90 Å². The van der Waals surface area contributed by atoms with Crippen molar-refractivity contribution < 1.29 is 4.21 Å². The zero-order valence-electron chi connectivity index (χ0n) is 9.84. The molecule has 0 aromatic heterocycles. The van der Waals surface area contributed by atoms with Crippen LogP contribution in [0.1, 0.15) is 34.6 Å². The van der Waals surface area contributed by atoms with E-state index in [9.17, 15) is 4.21 Å². The molecule has 0 aliphatic carbocycles. The van der Waals surface area contributed by atoms with E-state index in [-0.39, 0.29) is 9.46 Å². The second-order valence-electron chi connectivity index (χ2n) is 4.31. The van der Waals surface area contributed by atoms with Crippen LogP contribution in [0.3, 0.4) is 0 Å². The van der Waals surface area contributed by atoms with Crippen LogP contribution in [0.4, 0.5) is 0 Å². The standard InChI is InChI=1S/C10H22ClNOS/c1-6-12(7-2)8-9(11)14(13)10(3,4)5/h9H,6-8H2,1-5H3. The Kier molecular flexibility index (Phi) is 6.26. The molecular formula is C10H22ClNOS. The van der Waals surface area contributed by atoms with Gasteiger partial charge in [-0.25, -0.2) is 0 Å². The zero-order valence-corrected chi connectivity index (χ0v) is 11.4. The van der Waals surface area contributed by atoms with Gasteiger partial charge >= 0.3 is 0 Å². The van der Waals surface area contributed by atoms with Crippen LogP contribution in [0.2, 0.25) is 0 Å². The molecule has 0 aliphatic heterocycles. The van der Waals surface area contributed by atoms with Gasteiger partial charge in [0.2, 0.25) is 0 Å². The van der Waals surface area contributed by atoms with Crippen molar-refractivity contribution in [3.63, 3.8) is 0 Å². The van der Waals surface area contributed by atoms with Crippen molar-refractivity contribution in [2.75, 3.05) is 19.6 Å². The summed E-state index contributed by atoms with van der Waals surface area (Å²) in [5, 5.41) is 0. The predicted molar refractivity (Wildman–Crippen MR) is 65.3 cm³/mol. The van der Waals surface area contributed by atoms with Crippen LogP contribution in [-0.4, -0.2) is 38.2 Å². The van der Waals surface area contributed by atoms with Crippen molar-refractivity contribution in [2.24, 2.45) is 0 Å². The normalized spacial score (nSPS) is 17.1. The Morgan fingerprint density at radius 3 is 2.00 bits per heavy atom. The molecule has 0 bridgehead atoms. The summed E-state index contributed by atoms with van der Waals surface area (Å²) in [6, 6.07) is 0. The van der Waals surface area contributed by atoms with Gasteiger partial charge in [-0.3, -0.25) is 4.21 Å². The van der Waals surface area contributed by atoms with E-state index in [1.54, 1.807) is 0 Å². The van der Waals surface area contributed by atoms with Crippen molar-refractivity contribution in [3.8, 4) is 0 Å². The van der Waals surface area contributed by atoms with Crippen LogP contribution >= 0.6 is 11.6 Å². The third-order valence-corrected chi connectivity index (χ3v) is 4.58. The van der Waals surface area contributed by atoms with Gasteiger partial charge in [-0.1, -0.05) is 13.8 Å². The molecule has 14 heavy (non-hydrogen) atoms. The highest BCUT2D eigenvalue weighted by atomic mass is 35.5. The van der Waals surface area contributed by atoms with Gasteiger partial charge in [0.25, 0.3) is 0 Å². The summed E-state index contributed by atoms with van der Waals surface area (Å²) in [5.41, 5.74) is 0. The first-order valence-electron chi connectivity index (χ1n) is 5.10. The Bertz CT molecular complexity index is 187. The van der Waals surface area contributed by atoms with Crippen LogP contribution in [0, 0.1) is 0 Å². The second-order valence-corrected chi connectivity index (χ2v) is 7.48. The van der Waals surface area contributed by atoms with Gasteiger partial charge in [0, 0.05) is 22.1 Å². The lowest BCUT2D eigenvalue weighted by molar-refractivity contribution is 0.316. The Morgan fingerprint density at radius 1 is 1.29 bits per heavy atom. The molecule has 2 unspecified atom stereocenters. The first-order valence-corrected chi connectivity index (χ1v) is 6.75. The van der Waals surface area contributed by atoms with Crippen LogP contribution in [0.15, 0.2) is 0 Å². The second kappa shape index (κ2) is 6.09. The van der Waals surface area contributed by atoms with E-state index >= 15 is 0 Å². The quantitative estimate of drug-likeness (QED) is 0.687. The fourth-order valence-corrected chi connectivity index (χ4v) is 3.25. The largest absolute Gasteiger partial charge is 0.301 e. The van der Waals surface area contributed by atoms with E-state index in [2.05, 4.69) is 18.7 Å². The molecule has 0 aliphatic rings. The smallest absolute Gasteiger partial charge is 0.122 e. The number of halogens is 1. The van der Waals surface area contributed by atoms with E-state index < -0.39 is 10.8 Å². The Hall–Kier alpha value is 0.400. The average Bonchev–Trinajstić information content (AvgIpc) is 2.11. The van der Waals surface area contributed by atoms with Crippen molar-refractivity contribution in [3.05, 3.63) is 0 Å². The average molecular weight is 240 g/mol. The van der Waals surface area contributed by atoms with Gasteiger partial charge in [0.1, 0.15) is 4.71 Å². The summed E-state index contributed by atoms with van der Waals surface area (Å²) in [5.74, 6) is 0. The molecule has 4 heteroatoms. The van der Waals surface area contributed by atoms with E-state index in [1.165, 1.54) is 0 Å². The van der Waals surface area contributed by atoms with Crippen LogP contribution in [0.5, 0.6) is 0 Å². The molecule has 0 aromatic rings. The Labute approximate surface area is 95.5 Å². The lowest BCUT2D eigenvalue weighted by Gasteiger charge is -2.26. The summed E-state index contributed by atoms with van der Waals surface area (Å²) >= 11 is 6.13. The topological polar surface area (TPSA) is 20.3 Å². The lowest BCUT2D eigenvalue weighted by atomic mass is 10.3. The summed E-state index contributed by atoms with van der Waals surface area (Å²) in [6.45, 7) is 12.7. The van der Waals surface area contributed by atoms with Gasteiger partial charge in [-0.05, 0) is 33.9 Å². The SMILES string of the molecule is CCN(CC)CC(Cl)S(=O)C(C)(C)C. The number of alkyl halides is 1. The molecule has 0 fully saturated rings. The van der Waals surface area contributed by atoms with Crippen molar-refractivity contribution in [1.29, 1.82) is 0 Å². The number of rotatable bonds is 5. The maximum Gasteiger partial charge on any atom is 0.122 e. The molecule has 0 saturated carbocycles. The first-order chi connectivity index (χ1) is 6.32. The summed E-state index contributed by atoms with van der Waals surface area (Å²) in [7, 11) is -0.982. The fraction of sp³-hybridized carbons (Fsp3) is 1.00. The molecule has 2 atom stereocenters. The number of hydrogen-bond donors (Lipinski definition) is 0. The Morgan fingerprint density at radius 2 is 1.71 bits per heavy atom. The van der Waals surface area contributed by atoms with Crippen LogP contribution in [0.25, 0.3) is 0 Å². The highest BCUT2D eigenvalue weighted by molar-refractivity contribution is 7.88. The van der Waals surface area contributed by atoms with Gasteiger partial charge in [-0.2, -0.15) is 0 Å². The first kappa shape index (κ1) is 14.4. The van der Waals surface area contributed by atoms with Crippen molar-refractivity contribution in [1.82, 2.24) is 4.90 Å². The van der Waals surface area contributed by atoms with E-state index in [0.29, 0.717) is 6.54 Å². The molecule has 2 nitrogen and oxygen atoms in total. The summed E-state index contributed by atoms with van der Waals surface area (Å²) in [4.78, 5) is 2.20. The molecule has 0 aromatic carbocycles. The predicted octanol–water partition coefficient (Wildman–Crippen LogP) is 2.44. The van der Waals surface area contributed by atoms with Crippen LogP contribution in [-0.2, 0) is 10.8 Å². The van der Waals surface area contributed by atoms with E-state index in [4.69, 9.17) is 11.6 Å². The summed E-state index contributed by atoms with van der Waals surface area (Å²) in [6.07, 6.45) is 0. The molecule has 0 saturated heterocycles. The molecule has 0 spiro atoms. The lowest BCUT2D eigenvalue weighted by Crippen LogP contribution is -2.37. The third-order valence-electron chi connectivity index (χ3n) is 2.13. The minimum atomic E-state index is -0.982. The molecule has 0 rings (SSSR count). The molecular weight excluding hydrogens is 218 g/mol. The minimum Gasteiger partial charge on any atom is -0.301 e. The molecule has 0 heterocycles. The highest BCUT2D eigenvalue weighted by Gasteiger charge is 2.27. The van der Waals surface area contributed by atoms with Crippen molar-refractivity contribution >= 4 is 22.4 Å². The maximum atomic E-state index is 11.9. The number of nitrogens with zero attached hydrogens (tertiary/aromatic N) is 1. The van der Waals surface area contributed by atoms with E-state index in [0.717, 1.165) is 13.1 Å². The van der Waals surface area contributed by atoms with Crippen LogP contribution < -0.4 is 0 Å². The monoisotopic (exact) mass is 239 g/mol. The van der Waals surface area contributed by atoms with Crippen molar-refractivity contribution in [2.45, 2.75) is 44.1 Å². The molecule has 0 N–H and O–H groups in total. The highest BCUT2D eigenvalue weighted by Crippen LogP contribution is 2.19. The molecule has 0 amide bonds. The molecule has 0 radical (unpaired) electrons. The zero-order chi connectivity index (χ0) is 11.4. The van der Waals surface area contributed by atoms with Gasteiger partial charge in [-0.15, -0.1) is 11.6 Å². The summed E-state index contributed by atoms with van der Waals surface area (Å²) < 4.78 is 11.4. The fourth-order valence-electron chi connectivity index (χ4n) is 1.14. The molecule has 86 valence electrons. The Balaban J connectivity index is 4.20. The van der Waals surface area contributed by atoms with E-state index in [1.807, 2.05) is 20.8 Å².